The minimum absolute atomic E-state index is 0.0730. The normalized spacial score (nSPS) is 14.5. The molecule has 1 saturated heterocycles. The highest BCUT2D eigenvalue weighted by atomic mass is 35.5. The van der Waals surface area contributed by atoms with Crippen molar-refractivity contribution in [3.8, 4) is 11.1 Å². The number of aromatic amines is 1. The second-order valence-electron chi connectivity index (χ2n) is 7.54. The lowest BCUT2D eigenvalue weighted by Gasteiger charge is -2.36. The molecule has 1 N–H and O–H groups in total. The number of piperazine rings is 1. The number of benzene rings is 2. The Balaban J connectivity index is 1.44. The molecule has 152 valence electrons. The standard InChI is InChI=1S/C23H21ClN4OS/c1-15-4-2-5-16(12-15)19-14-30-21-20(19)25-23(26-22(21)29)28-10-8-27(9-11-28)18-7-3-6-17(24)13-18/h2-7,12-14H,8-11H2,1H3,(H,25,26,29). The molecule has 1 aliphatic rings. The quantitative estimate of drug-likeness (QED) is 0.494. The average Bonchev–Trinajstić information content (AvgIpc) is 3.19. The van der Waals surface area contributed by atoms with Gasteiger partial charge in [0, 0.05) is 47.8 Å². The summed E-state index contributed by atoms with van der Waals surface area (Å²) in [6, 6.07) is 16.2. The van der Waals surface area contributed by atoms with Gasteiger partial charge in [-0.2, -0.15) is 0 Å². The van der Waals surface area contributed by atoms with Crippen LogP contribution in [0.5, 0.6) is 0 Å². The summed E-state index contributed by atoms with van der Waals surface area (Å²) in [4.78, 5) is 25.1. The summed E-state index contributed by atoms with van der Waals surface area (Å²) in [7, 11) is 0. The molecular weight excluding hydrogens is 416 g/mol. The van der Waals surface area contributed by atoms with Gasteiger partial charge in [0.2, 0.25) is 5.95 Å². The smallest absolute Gasteiger partial charge is 0.270 e. The lowest BCUT2D eigenvalue weighted by atomic mass is 10.1. The molecule has 7 heteroatoms. The maximum Gasteiger partial charge on any atom is 0.270 e. The molecular formula is C23H21ClN4OS. The van der Waals surface area contributed by atoms with E-state index in [-0.39, 0.29) is 5.56 Å². The Kier molecular flexibility index (Phi) is 4.97. The van der Waals surface area contributed by atoms with Crippen LogP contribution in [0.3, 0.4) is 0 Å². The minimum atomic E-state index is -0.0730. The monoisotopic (exact) mass is 436 g/mol. The number of aromatic nitrogens is 2. The molecule has 0 saturated carbocycles. The predicted octanol–water partition coefficient (Wildman–Crippen LogP) is 4.94. The predicted molar refractivity (Wildman–Crippen MR) is 126 cm³/mol. The highest BCUT2D eigenvalue weighted by Crippen LogP contribution is 2.32. The van der Waals surface area contributed by atoms with E-state index in [1.165, 1.54) is 16.9 Å². The maximum absolute atomic E-state index is 12.7. The van der Waals surface area contributed by atoms with Crippen molar-refractivity contribution < 1.29 is 0 Å². The van der Waals surface area contributed by atoms with Gasteiger partial charge in [-0.15, -0.1) is 11.3 Å². The van der Waals surface area contributed by atoms with Gasteiger partial charge in [-0.25, -0.2) is 4.98 Å². The molecule has 5 nitrogen and oxygen atoms in total. The molecule has 1 fully saturated rings. The summed E-state index contributed by atoms with van der Waals surface area (Å²) in [5.41, 5.74) is 5.13. The molecule has 30 heavy (non-hydrogen) atoms. The molecule has 0 spiro atoms. The number of rotatable bonds is 3. The van der Waals surface area contributed by atoms with E-state index in [9.17, 15) is 4.79 Å². The van der Waals surface area contributed by atoms with E-state index >= 15 is 0 Å². The lowest BCUT2D eigenvalue weighted by Crippen LogP contribution is -2.47. The Bertz CT molecular complexity index is 1270. The second kappa shape index (κ2) is 7.78. The number of thiophene rings is 1. The molecule has 2 aromatic carbocycles. The van der Waals surface area contributed by atoms with Crippen molar-refractivity contribution in [3.05, 3.63) is 74.9 Å². The van der Waals surface area contributed by atoms with Crippen LogP contribution < -0.4 is 15.4 Å². The number of hydrogen-bond acceptors (Lipinski definition) is 5. The number of fused-ring (bicyclic) bond motifs is 1. The molecule has 1 aliphatic heterocycles. The first-order valence-corrected chi connectivity index (χ1v) is 11.2. The highest BCUT2D eigenvalue weighted by Gasteiger charge is 2.21. The lowest BCUT2D eigenvalue weighted by molar-refractivity contribution is 0.640. The van der Waals surface area contributed by atoms with Crippen molar-refractivity contribution in [2.24, 2.45) is 0 Å². The first-order chi connectivity index (χ1) is 14.6. The third kappa shape index (κ3) is 3.57. The Labute approximate surface area is 183 Å². The van der Waals surface area contributed by atoms with Gasteiger partial charge in [0.1, 0.15) is 4.70 Å². The Morgan fingerprint density at radius 3 is 2.57 bits per heavy atom. The van der Waals surface area contributed by atoms with Crippen LogP contribution in [-0.2, 0) is 0 Å². The molecule has 3 heterocycles. The van der Waals surface area contributed by atoms with Crippen molar-refractivity contribution in [2.75, 3.05) is 36.0 Å². The summed E-state index contributed by atoms with van der Waals surface area (Å²) >= 11 is 7.59. The van der Waals surface area contributed by atoms with Crippen molar-refractivity contribution in [2.45, 2.75) is 6.92 Å². The summed E-state index contributed by atoms with van der Waals surface area (Å²) in [6.07, 6.45) is 0. The van der Waals surface area contributed by atoms with E-state index in [1.807, 2.05) is 29.6 Å². The fourth-order valence-electron chi connectivity index (χ4n) is 3.93. The largest absolute Gasteiger partial charge is 0.368 e. The van der Waals surface area contributed by atoms with Crippen LogP contribution in [0.1, 0.15) is 5.56 Å². The number of hydrogen-bond donors (Lipinski definition) is 1. The van der Waals surface area contributed by atoms with Crippen LogP contribution in [0.4, 0.5) is 11.6 Å². The third-order valence-electron chi connectivity index (χ3n) is 5.50. The second-order valence-corrected chi connectivity index (χ2v) is 8.86. The number of aryl methyl sites for hydroxylation is 1. The van der Waals surface area contributed by atoms with Crippen LogP contribution >= 0.6 is 22.9 Å². The third-order valence-corrected chi connectivity index (χ3v) is 6.70. The van der Waals surface area contributed by atoms with E-state index in [1.54, 1.807) is 0 Å². The summed E-state index contributed by atoms with van der Waals surface area (Å²) in [5.74, 6) is 0.644. The highest BCUT2D eigenvalue weighted by molar-refractivity contribution is 7.17. The molecule has 0 atom stereocenters. The van der Waals surface area contributed by atoms with E-state index in [4.69, 9.17) is 16.6 Å². The Morgan fingerprint density at radius 2 is 1.80 bits per heavy atom. The van der Waals surface area contributed by atoms with Gasteiger partial charge in [-0.1, -0.05) is 47.5 Å². The van der Waals surface area contributed by atoms with E-state index in [2.05, 4.69) is 46.0 Å². The zero-order valence-corrected chi connectivity index (χ0v) is 18.1. The number of anilines is 2. The van der Waals surface area contributed by atoms with Crippen LogP contribution in [0.15, 0.2) is 58.7 Å². The summed E-state index contributed by atoms with van der Waals surface area (Å²) in [5, 5.41) is 2.77. The van der Waals surface area contributed by atoms with E-state index in [0.29, 0.717) is 10.6 Å². The molecule has 2 aromatic heterocycles. The molecule has 0 unspecified atom stereocenters. The van der Waals surface area contributed by atoms with Gasteiger partial charge in [0.25, 0.3) is 5.56 Å². The van der Waals surface area contributed by atoms with Gasteiger partial charge >= 0.3 is 0 Å². The zero-order valence-electron chi connectivity index (χ0n) is 16.6. The first-order valence-electron chi connectivity index (χ1n) is 9.92. The zero-order chi connectivity index (χ0) is 20.7. The van der Waals surface area contributed by atoms with Crippen LogP contribution in [0.2, 0.25) is 5.02 Å². The first kappa shape index (κ1) is 19.2. The summed E-state index contributed by atoms with van der Waals surface area (Å²) in [6.45, 7) is 5.33. The summed E-state index contributed by atoms with van der Waals surface area (Å²) < 4.78 is 0.674. The topological polar surface area (TPSA) is 52.2 Å². The SMILES string of the molecule is Cc1cccc(-c2csc3c(=O)[nH]c(N4CCN(c5cccc(Cl)c5)CC4)nc23)c1. The fourth-order valence-corrected chi connectivity index (χ4v) is 5.03. The Morgan fingerprint density at radius 1 is 1.03 bits per heavy atom. The fraction of sp³-hybridized carbons (Fsp3) is 0.217. The Hall–Kier alpha value is -2.83. The van der Waals surface area contributed by atoms with Crippen molar-refractivity contribution >= 4 is 44.8 Å². The minimum Gasteiger partial charge on any atom is -0.368 e. The van der Waals surface area contributed by atoms with E-state index in [0.717, 1.165) is 53.5 Å². The molecule has 5 rings (SSSR count). The van der Waals surface area contributed by atoms with E-state index < -0.39 is 0 Å². The van der Waals surface area contributed by atoms with Gasteiger partial charge in [-0.05, 0) is 30.7 Å². The molecule has 4 aromatic rings. The molecule has 0 aliphatic carbocycles. The maximum atomic E-state index is 12.7. The average molecular weight is 437 g/mol. The van der Waals surface area contributed by atoms with Crippen LogP contribution in [0.25, 0.3) is 21.3 Å². The van der Waals surface area contributed by atoms with Gasteiger partial charge < -0.3 is 9.80 Å². The van der Waals surface area contributed by atoms with Crippen molar-refractivity contribution in [1.82, 2.24) is 9.97 Å². The van der Waals surface area contributed by atoms with Crippen molar-refractivity contribution in [3.63, 3.8) is 0 Å². The number of nitrogens with one attached hydrogen (secondary N) is 1. The van der Waals surface area contributed by atoms with Crippen LogP contribution in [-0.4, -0.2) is 36.1 Å². The number of nitrogens with zero attached hydrogens (tertiary/aromatic N) is 3. The molecule has 0 radical (unpaired) electrons. The van der Waals surface area contributed by atoms with Gasteiger partial charge in [0.05, 0.1) is 5.52 Å². The van der Waals surface area contributed by atoms with Crippen LogP contribution in [0, 0.1) is 6.92 Å². The number of H-pyrrole nitrogens is 1. The molecule has 0 bridgehead atoms. The van der Waals surface area contributed by atoms with Gasteiger partial charge in [0.15, 0.2) is 0 Å². The number of halogens is 1. The molecule has 0 amide bonds. The van der Waals surface area contributed by atoms with Crippen molar-refractivity contribution in [1.29, 1.82) is 0 Å². The van der Waals surface area contributed by atoms with Gasteiger partial charge in [-0.3, -0.25) is 9.78 Å².